The molecule has 1 fully saturated rings. The number of aryl methyl sites for hydroxylation is 1. The van der Waals surface area contributed by atoms with Gasteiger partial charge in [0.15, 0.2) is 0 Å². The lowest BCUT2D eigenvalue weighted by Gasteiger charge is -2.16. The van der Waals surface area contributed by atoms with Gasteiger partial charge in [-0.1, -0.05) is 19.4 Å². The van der Waals surface area contributed by atoms with E-state index in [0.717, 1.165) is 31.2 Å². The van der Waals surface area contributed by atoms with Gasteiger partial charge in [0.05, 0.1) is 17.7 Å². The maximum absolute atomic E-state index is 12.5. The number of hydrogen-bond donors (Lipinski definition) is 1. The summed E-state index contributed by atoms with van der Waals surface area (Å²) in [6.45, 7) is 5.85. The normalized spacial score (nSPS) is 14.9. The summed E-state index contributed by atoms with van der Waals surface area (Å²) in [7, 11) is 0. The first kappa shape index (κ1) is 18.2. The Morgan fingerprint density at radius 2 is 2.15 bits per heavy atom. The first-order valence-corrected chi connectivity index (χ1v) is 9.08. The first-order valence-electron chi connectivity index (χ1n) is 9.08. The topological polar surface area (TPSA) is 90.7 Å². The summed E-state index contributed by atoms with van der Waals surface area (Å²) in [5.41, 5.74) is 0.922. The van der Waals surface area contributed by atoms with Crippen molar-refractivity contribution in [3.8, 4) is 6.08 Å². The summed E-state index contributed by atoms with van der Waals surface area (Å²) in [6, 6.07) is 3.42. The molecule has 1 heterocycles. The molecule has 1 aromatic heterocycles. The molecule has 0 radical (unpaired) electrons. The molecule has 0 spiro atoms. The summed E-state index contributed by atoms with van der Waals surface area (Å²) in [4.78, 5) is 28.6. The van der Waals surface area contributed by atoms with E-state index in [1.807, 2.05) is 0 Å². The van der Waals surface area contributed by atoms with Crippen LogP contribution in [0, 0.1) is 12.8 Å². The minimum absolute atomic E-state index is 0.000579. The molecule has 1 aromatic carbocycles. The number of aromatic nitrogens is 1. The van der Waals surface area contributed by atoms with Gasteiger partial charge < -0.3 is 13.9 Å². The van der Waals surface area contributed by atoms with Crippen LogP contribution < -0.4 is 15.7 Å². The number of nitrogens with zero attached hydrogens (tertiary/aromatic N) is 1. The fraction of sp³-hybridized carbons (Fsp3) is 0.526. The molecule has 0 aliphatic heterocycles. The number of ether oxygens (including phenoxy) is 2. The van der Waals surface area contributed by atoms with Crippen LogP contribution in [0.1, 0.15) is 45.1 Å². The zero-order chi connectivity index (χ0) is 18.7. The van der Waals surface area contributed by atoms with Crippen molar-refractivity contribution in [3.63, 3.8) is 0 Å². The fourth-order valence-corrected chi connectivity index (χ4v) is 3.01. The smallest absolute Gasteiger partial charge is 0.411 e. The van der Waals surface area contributed by atoms with E-state index in [2.05, 4.69) is 17.2 Å². The Morgan fingerprint density at radius 3 is 2.81 bits per heavy atom. The molecular weight excluding hydrogens is 336 g/mol. The Balaban J connectivity index is 1.98. The van der Waals surface area contributed by atoms with E-state index in [0.29, 0.717) is 22.5 Å². The molecule has 3 rings (SSSR count). The summed E-state index contributed by atoms with van der Waals surface area (Å²) in [6.07, 6.45) is 3.46. The van der Waals surface area contributed by atoms with Gasteiger partial charge >= 0.3 is 17.8 Å². The van der Waals surface area contributed by atoms with Crippen molar-refractivity contribution in [2.24, 2.45) is 5.92 Å². The van der Waals surface area contributed by atoms with Gasteiger partial charge in [-0.25, -0.2) is 9.59 Å². The van der Waals surface area contributed by atoms with Crippen LogP contribution in [0.5, 0.6) is 6.08 Å². The fourth-order valence-electron chi connectivity index (χ4n) is 3.01. The zero-order valence-corrected chi connectivity index (χ0v) is 15.3. The van der Waals surface area contributed by atoms with Gasteiger partial charge in [0, 0.05) is 0 Å². The molecule has 26 heavy (non-hydrogen) atoms. The Kier molecular flexibility index (Phi) is 5.44. The lowest BCUT2D eigenvalue weighted by Crippen LogP contribution is -2.21. The number of amides is 1. The van der Waals surface area contributed by atoms with Crippen LogP contribution in [0.2, 0.25) is 0 Å². The average Bonchev–Trinajstić information content (AvgIpc) is 3.42. The first-order chi connectivity index (χ1) is 12.5. The maximum Gasteiger partial charge on any atom is 0.411 e. The molecule has 140 valence electrons. The number of carbonyl (C=O) groups is 1. The lowest BCUT2D eigenvalue weighted by atomic mass is 10.1. The van der Waals surface area contributed by atoms with E-state index in [1.165, 1.54) is 0 Å². The number of nitrogens with one attached hydrogen (secondary N) is 1. The summed E-state index contributed by atoms with van der Waals surface area (Å²) in [5, 5.41) is 2.95. The van der Waals surface area contributed by atoms with Crippen LogP contribution in [0.25, 0.3) is 10.9 Å². The molecule has 1 atom stereocenters. The molecule has 1 N–H and O–H groups in total. The van der Waals surface area contributed by atoms with Gasteiger partial charge in [0.1, 0.15) is 11.6 Å². The Labute approximate surface area is 151 Å². The van der Waals surface area contributed by atoms with E-state index in [-0.39, 0.29) is 18.8 Å². The molecule has 1 saturated carbocycles. The van der Waals surface area contributed by atoms with Crippen LogP contribution in [0.4, 0.5) is 10.5 Å². The predicted octanol–water partition coefficient (Wildman–Crippen LogP) is 4.02. The molecule has 0 bridgehead atoms. The SMILES string of the molecule is CCCC(Oc1nc2c(NC(=O)OCC)ccc(C)c2c(=O)o1)C1CC1. The van der Waals surface area contributed by atoms with Crippen molar-refractivity contribution < 1.29 is 18.7 Å². The van der Waals surface area contributed by atoms with Crippen molar-refractivity contribution in [1.82, 2.24) is 4.98 Å². The average molecular weight is 360 g/mol. The number of hydrogen-bond acceptors (Lipinski definition) is 6. The van der Waals surface area contributed by atoms with Crippen LogP contribution >= 0.6 is 0 Å². The van der Waals surface area contributed by atoms with Crippen molar-refractivity contribution >= 4 is 22.7 Å². The summed E-state index contributed by atoms with van der Waals surface area (Å²) in [5.74, 6) is 0.493. The number of benzene rings is 1. The van der Waals surface area contributed by atoms with Crippen LogP contribution in [-0.4, -0.2) is 23.8 Å². The highest BCUT2D eigenvalue weighted by atomic mass is 16.6. The molecule has 1 aliphatic carbocycles. The maximum atomic E-state index is 12.5. The zero-order valence-electron chi connectivity index (χ0n) is 15.3. The van der Waals surface area contributed by atoms with Crippen molar-refractivity contribution in [3.05, 3.63) is 28.1 Å². The Hall–Kier alpha value is -2.57. The largest absolute Gasteiger partial charge is 0.450 e. The van der Waals surface area contributed by atoms with Gasteiger partial charge in [-0.2, -0.15) is 4.98 Å². The molecule has 7 nitrogen and oxygen atoms in total. The Morgan fingerprint density at radius 1 is 1.38 bits per heavy atom. The van der Waals surface area contributed by atoms with E-state index < -0.39 is 11.7 Å². The highest BCUT2D eigenvalue weighted by molar-refractivity contribution is 5.98. The number of carbonyl (C=O) groups excluding carboxylic acids is 1. The molecule has 2 aromatic rings. The minimum Gasteiger partial charge on any atom is -0.450 e. The number of rotatable bonds is 7. The monoisotopic (exact) mass is 360 g/mol. The van der Waals surface area contributed by atoms with E-state index in [4.69, 9.17) is 13.9 Å². The van der Waals surface area contributed by atoms with Gasteiger partial charge in [-0.05, 0) is 50.7 Å². The molecule has 1 unspecified atom stereocenters. The van der Waals surface area contributed by atoms with Gasteiger partial charge in [0.25, 0.3) is 0 Å². The summed E-state index contributed by atoms with van der Waals surface area (Å²) >= 11 is 0. The third kappa shape index (κ3) is 3.98. The highest BCUT2D eigenvalue weighted by Crippen LogP contribution is 2.37. The molecule has 7 heteroatoms. The van der Waals surface area contributed by atoms with Gasteiger partial charge in [0.2, 0.25) is 0 Å². The molecule has 1 amide bonds. The van der Waals surface area contributed by atoms with Crippen LogP contribution in [0.3, 0.4) is 0 Å². The standard InChI is InChI=1S/C19H24N2O5/c1-4-6-14(12-8-9-12)25-19-21-16-13(20-18(23)24-5-2)10-7-11(3)15(16)17(22)26-19/h7,10,12,14H,4-6,8-9H2,1-3H3,(H,20,23). The minimum atomic E-state index is -0.600. The Bertz CT molecular complexity index is 857. The second-order valence-corrected chi connectivity index (χ2v) is 6.55. The van der Waals surface area contributed by atoms with Crippen molar-refractivity contribution in [2.45, 2.75) is 52.6 Å². The molecule has 0 saturated heterocycles. The van der Waals surface area contributed by atoms with E-state index >= 15 is 0 Å². The van der Waals surface area contributed by atoms with E-state index in [9.17, 15) is 9.59 Å². The molecular formula is C19H24N2O5. The second-order valence-electron chi connectivity index (χ2n) is 6.55. The van der Waals surface area contributed by atoms with Crippen molar-refractivity contribution in [2.75, 3.05) is 11.9 Å². The lowest BCUT2D eigenvalue weighted by molar-refractivity contribution is 0.114. The summed E-state index contributed by atoms with van der Waals surface area (Å²) < 4.78 is 16.1. The van der Waals surface area contributed by atoms with Gasteiger partial charge in [-0.3, -0.25) is 5.32 Å². The number of fused-ring (bicyclic) bond motifs is 1. The molecule has 1 aliphatic rings. The third-order valence-corrected chi connectivity index (χ3v) is 4.46. The van der Waals surface area contributed by atoms with Crippen LogP contribution in [-0.2, 0) is 4.74 Å². The predicted molar refractivity (Wildman–Crippen MR) is 97.7 cm³/mol. The number of anilines is 1. The quantitative estimate of drug-likeness (QED) is 0.802. The van der Waals surface area contributed by atoms with Gasteiger partial charge in [-0.15, -0.1) is 0 Å². The second kappa shape index (κ2) is 7.76. The highest BCUT2D eigenvalue weighted by Gasteiger charge is 2.33. The van der Waals surface area contributed by atoms with E-state index in [1.54, 1.807) is 26.0 Å². The van der Waals surface area contributed by atoms with Crippen molar-refractivity contribution in [1.29, 1.82) is 0 Å². The van der Waals surface area contributed by atoms with Crippen LogP contribution in [0.15, 0.2) is 21.3 Å². The third-order valence-electron chi connectivity index (χ3n) is 4.46.